The molecule has 0 aliphatic carbocycles. The fourth-order valence-electron chi connectivity index (χ4n) is 1.54. The van der Waals surface area contributed by atoms with Gasteiger partial charge in [0.1, 0.15) is 5.92 Å². The van der Waals surface area contributed by atoms with Gasteiger partial charge in [-0.25, -0.2) is 0 Å². The molecule has 0 amide bonds. The first kappa shape index (κ1) is 11.7. The number of carbonyl (C=O) groups excluding carboxylic acids is 1. The molecule has 0 bridgehead atoms. The van der Waals surface area contributed by atoms with Gasteiger partial charge in [0.2, 0.25) is 0 Å². The molecule has 3 nitrogen and oxygen atoms in total. The molecule has 1 N–H and O–H groups in total. The van der Waals surface area contributed by atoms with Crippen molar-refractivity contribution in [1.82, 2.24) is 0 Å². The van der Waals surface area contributed by atoms with E-state index in [4.69, 9.17) is 4.74 Å². The molecule has 0 spiro atoms. The van der Waals surface area contributed by atoms with Gasteiger partial charge in [0.05, 0.1) is 13.2 Å². The summed E-state index contributed by atoms with van der Waals surface area (Å²) in [5, 5.41) is 9.77. The molecule has 1 aromatic carbocycles. The Morgan fingerprint density at radius 2 is 2.00 bits per heavy atom. The van der Waals surface area contributed by atoms with Crippen molar-refractivity contribution in [1.29, 1.82) is 0 Å². The lowest BCUT2D eigenvalue weighted by atomic mass is 9.92. The van der Waals surface area contributed by atoms with Gasteiger partial charge in [-0.3, -0.25) is 4.79 Å². The topological polar surface area (TPSA) is 46.5 Å². The molecule has 0 aromatic heterocycles. The van der Waals surface area contributed by atoms with Crippen LogP contribution in [0.4, 0.5) is 0 Å². The van der Waals surface area contributed by atoms with Crippen LogP contribution in [0.3, 0.4) is 0 Å². The van der Waals surface area contributed by atoms with Crippen molar-refractivity contribution in [3.63, 3.8) is 0 Å². The molecule has 3 heteroatoms. The molecule has 15 heavy (non-hydrogen) atoms. The zero-order valence-corrected chi connectivity index (χ0v) is 9.01. The lowest BCUT2D eigenvalue weighted by Gasteiger charge is -2.19. The molecule has 1 aromatic rings. The lowest BCUT2D eigenvalue weighted by molar-refractivity contribution is -0.145. The molecule has 0 aliphatic rings. The predicted octanol–water partition coefficient (Wildman–Crippen LogP) is 1.71. The molecule has 0 heterocycles. The Kier molecular flexibility index (Phi) is 4.31. The van der Waals surface area contributed by atoms with Crippen molar-refractivity contribution in [2.45, 2.75) is 25.4 Å². The van der Waals surface area contributed by atoms with Gasteiger partial charge >= 0.3 is 5.97 Å². The Hall–Kier alpha value is -1.35. The molecule has 0 unspecified atom stereocenters. The summed E-state index contributed by atoms with van der Waals surface area (Å²) in [5.41, 5.74) is 0.790. The average molecular weight is 208 g/mol. The molecule has 82 valence electrons. The first-order chi connectivity index (χ1) is 7.20. The maximum Gasteiger partial charge on any atom is 0.315 e. The van der Waals surface area contributed by atoms with E-state index >= 15 is 0 Å². The number of benzene rings is 1. The van der Waals surface area contributed by atoms with Crippen molar-refractivity contribution >= 4 is 5.97 Å². The van der Waals surface area contributed by atoms with Crippen molar-refractivity contribution in [2.75, 3.05) is 7.11 Å². The summed E-state index contributed by atoms with van der Waals surface area (Å²) in [5.74, 6) is -0.975. The minimum atomic E-state index is -0.695. The van der Waals surface area contributed by atoms with Crippen molar-refractivity contribution in [2.24, 2.45) is 0 Å². The van der Waals surface area contributed by atoms with Crippen molar-refractivity contribution in [3.05, 3.63) is 35.9 Å². The normalized spacial score (nSPS) is 14.3. The minimum absolute atomic E-state index is 0.393. The van der Waals surface area contributed by atoms with Crippen LogP contribution in [0.1, 0.15) is 24.8 Å². The number of esters is 1. The second-order valence-electron chi connectivity index (χ2n) is 3.39. The van der Waals surface area contributed by atoms with Gasteiger partial charge in [-0.1, -0.05) is 37.3 Å². The number of methoxy groups -OCH3 is 1. The summed E-state index contributed by atoms with van der Waals surface area (Å²) in [6.07, 6.45) is -0.172. The fraction of sp³-hybridized carbons (Fsp3) is 0.417. The van der Waals surface area contributed by atoms with Crippen LogP contribution >= 0.6 is 0 Å². The van der Waals surface area contributed by atoms with Crippen LogP contribution in [0.2, 0.25) is 0 Å². The van der Waals surface area contributed by atoms with Gasteiger partial charge in [-0.2, -0.15) is 0 Å². The van der Waals surface area contributed by atoms with E-state index in [0.29, 0.717) is 6.42 Å². The van der Waals surface area contributed by atoms with Crippen molar-refractivity contribution < 1.29 is 14.6 Å². The highest BCUT2D eigenvalue weighted by Crippen LogP contribution is 2.22. The molecule has 1 rings (SSSR count). The molecule has 2 atom stereocenters. The molecule has 0 fully saturated rings. The summed E-state index contributed by atoms with van der Waals surface area (Å²) in [7, 11) is 1.33. The van der Waals surface area contributed by atoms with Gasteiger partial charge in [0.15, 0.2) is 0 Å². The lowest BCUT2D eigenvalue weighted by Crippen LogP contribution is -2.26. The summed E-state index contributed by atoms with van der Waals surface area (Å²) in [6, 6.07) is 9.19. The van der Waals surface area contributed by atoms with Crippen molar-refractivity contribution in [3.8, 4) is 0 Å². The highest BCUT2D eigenvalue weighted by Gasteiger charge is 2.27. The van der Waals surface area contributed by atoms with E-state index in [1.54, 1.807) is 0 Å². The number of hydrogen-bond acceptors (Lipinski definition) is 3. The first-order valence-corrected chi connectivity index (χ1v) is 5.01. The third-order valence-corrected chi connectivity index (χ3v) is 2.42. The highest BCUT2D eigenvalue weighted by atomic mass is 16.5. The SMILES string of the molecule is CC[C@H](O)[C@H](C(=O)OC)c1ccccc1. The van der Waals surface area contributed by atoms with Gasteiger partial charge < -0.3 is 9.84 Å². The van der Waals surface area contributed by atoms with Crippen LogP contribution < -0.4 is 0 Å². The largest absolute Gasteiger partial charge is 0.468 e. The number of ether oxygens (including phenoxy) is 1. The van der Waals surface area contributed by atoms with Gasteiger partial charge in [0, 0.05) is 0 Å². The Labute approximate surface area is 89.7 Å². The Bertz CT molecular complexity index is 308. The van der Waals surface area contributed by atoms with Crippen LogP contribution in [-0.2, 0) is 9.53 Å². The molecule has 0 saturated heterocycles. The second-order valence-corrected chi connectivity index (χ2v) is 3.39. The maximum absolute atomic E-state index is 11.5. The smallest absolute Gasteiger partial charge is 0.315 e. The van der Waals surface area contributed by atoms with E-state index in [1.165, 1.54) is 7.11 Å². The standard InChI is InChI=1S/C12H16O3/c1-3-10(13)11(12(14)15-2)9-7-5-4-6-8-9/h4-8,10-11,13H,3H2,1-2H3/t10-,11+/m0/s1. The summed E-state index contributed by atoms with van der Waals surface area (Å²) >= 11 is 0. The fourth-order valence-corrected chi connectivity index (χ4v) is 1.54. The van der Waals surface area contributed by atoms with Crippen LogP contribution in [0.15, 0.2) is 30.3 Å². The second kappa shape index (κ2) is 5.51. The summed E-state index contributed by atoms with van der Waals surface area (Å²) < 4.78 is 4.69. The predicted molar refractivity (Wildman–Crippen MR) is 57.5 cm³/mol. The van der Waals surface area contributed by atoms with Crippen LogP contribution in [-0.4, -0.2) is 24.3 Å². The summed E-state index contributed by atoms with van der Waals surface area (Å²) in [6.45, 7) is 1.84. The zero-order chi connectivity index (χ0) is 11.3. The summed E-state index contributed by atoms with van der Waals surface area (Å²) in [4.78, 5) is 11.5. The Morgan fingerprint density at radius 3 is 2.47 bits per heavy atom. The molecule has 0 aliphatic heterocycles. The molecular weight excluding hydrogens is 192 g/mol. The Balaban J connectivity index is 2.96. The van der Waals surface area contributed by atoms with E-state index in [9.17, 15) is 9.90 Å². The van der Waals surface area contributed by atoms with Gasteiger partial charge in [0.25, 0.3) is 0 Å². The van der Waals surface area contributed by atoms with Crippen LogP contribution in [0.25, 0.3) is 0 Å². The zero-order valence-electron chi connectivity index (χ0n) is 9.01. The highest BCUT2D eigenvalue weighted by molar-refractivity contribution is 5.78. The third-order valence-electron chi connectivity index (χ3n) is 2.42. The van der Waals surface area contributed by atoms with Crippen LogP contribution in [0.5, 0.6) is 0 Å². The maximum atomic E-state index is 11.5. The van der Waals surface area contributed by atoms with Crippen LogP contribution in [0, 0.1) is 0 Å². The van der Waals surface area contributed by atoms with E-state index in [2.05, 4.69) is 0 Å². The molecule has 0 saturated carbocycles. The first-order valence-electron chi connectivity index (χ1n) is 5.01. The average Bonchev–Trinajstić information content (AvgIpc) is 2.30. The number of aliphatic hydroxyl groups is 1. The van der Waals surface area contributed by atoms with E-state index < -0.39 is 18.0 Å². The number of aliphatic hydroxyl groups excluding tert-OH is 1. The minimum Gasteiger partial charge on any atom is -0.468 e. The number of carbonyl (C=O) groups is 1. The van der Waals surface area contributed by atoms with Gasteiger partial charge in [-0.15, -0.1) is 0 Å². The molecular formula is C12H16O3. The van der Waals surface area contributed by atoms with E-state index in [-0.39, 0.29) is 0 Å². The van der Waals surface area contributed by atoms with E-state index in [1.807, 2.05) is 37.3 Å². The quantitative estimate of drug-likeness (QED) is 0.766. The monoisotopic (exact) mass is 208 g/mol. The number of rotatable bonds is 4. The van der Waals surface area contributed by atoms with Gasteiger partial charge in [-0.05, 0) is 12.0 Å². The molecule has 0 radical (unpaired) electrons. The number of hydrogen-bond donors (Lipinski definition) is 1. The Morgan fingerprint density at radius 1 is 1.40 bits per heavy atom. The third kappa shape index (κ3) is 2.80. The van der Waals surface area contributed by atoms with E-state index in [0.717, 1.165) is 5.56 Å².